The fraction of sp³-hybridized carbons (Fsp3) is 0.600. The quantitative estimate of drug-likeness (QED) is 0.895. The van der Waals surface area contributed by atoms with E-state index >= 15 is 0 Å². The number of methoxy groups -OCH3 is 2. The predicted molar refractivity (Wildman–Crippen MR) is 75.5 cm³/mol. The predicted octanol–water partition coefficient (Wildman–Crippen LogP) is 3.16. The van der Waals surface area contributed by atoms with Crippen LogP contribution in [0.1, 0.15) is 37.8 Å². The Morgan fingerprint density at radius 3 is 2.06 bits per heavy atom. The molecule has 1 aromatic carbocycles. The smallest absolute Gasteiger partial charge is 0.161 e. The fourth-order valence-electron chi connectivity index (χ4n) is 1.81. The summed E-state index contributed by atoms with van der Waals surface area (Å²) >= 11 is 0. The summed E-state index contributed by atoms with van der Waals surface area (Å²) in [6.45, 7) is 6.33. The number of hydrogen-bond acceptors (Lipinski definition) is 3. The van der Waals surface area contributed by atoms with Crippen LogP contribution in [0.25, 0.3) is 0 Å². The van der Waals surface area contributed by atoms with Gasteiger partial charge in [-0.25, -0.2) is 0 Å². The lowest BCUT2D eigenvalue weighted by molar-refractivity contribution is 0.353. The Bertz CT molecular complexity index is 318. The molecule has 0 aromatic heterocycles. The number of fused-ring (bicyclic) bond motifs is 1. The van der Waals surface area contributed by atoms with Crippen molar-refractivity contribution in [1.82, 2.24) is 5.32 Å². The van der Waals surface area contributed by atoms with Gasteiger partial charge in [0.25, 0.3) is 0 Å². The second-order valence-electron chi connectivity index (χ2n) is 4.40. The maximum absolute atomic E-state index is 5.26. The van der Waals surface area contributed by atoms with Gasteiger partial charge in [-0.05, 0) is 36.2 Å². The standard InChI is InChI=1S/C11H15NO2.C4H10/c1-13-10-5-8-3-4-12-7-9(8)6-11(10)14-2;1-3-4-2/h5-6,12H,3-4,7H2,1-2H3;3-4H2,1-2H3. The van der Waals surface area contributed by atoms with Crippen molar-refractivity contribution >= 4 is 0 Å². The molecule has 0 saturated carbocycles. The van der Waals surface area contributed by atoms with Crippen molar-refractivity contribution < 1.29 is 9.47 Å². The molecule has 1 aliphatic rings. The monoisotopic (exact) mass is 251 g/mol. The molecule has 1 aromatic rings. The highest BCUT2D eigenvalue weighted by Crippen LogP contribution is 2.31. The van der Waals surface area contributed by atoms with E-state index in [1.807, 2.05) is 0 Å². The van der Waals surface area contributed by atoms with Crippen molar-refractivity contribution in [2.24, 2.45) is 0 Å². The highest BCUT2D eigenvalue weighted by Gasteiger charge is 2.13. The van der Waals surface area contributed by atoms with Gasteiger partial charge in [0.05, 0.1) is 14.2 Å². The Labute approximate surface area is 110 Å². The minimum absolute atomic E-state index is 0.815. The van der Waals surface area contributed by atoms with Gasteiger partial charge in [-0.1, -0.05) is 26.7 Å². The minimum atomic E-state index is 0.815. The van der Waals surface area contributed by atoms with Gasteiger partial charge < -0.3 is 14.8 Å². The maximum Gasteiger partial charge on any atom is 0.161 e. The zero-order valence-corrected chi connectivity index (χ0v) is 12.0. The number of benzene rings is 1. The molecule has 0 radical (unpaired) electrons. The van der Waals surface area contributed by atoms with Crippen LogP contribution in [0.15, 0.2) is 12.1 Å². The minimum Gasteiger partial charge on any atom is -0.493 e. The number of nitrogens with one attached hydrogen (secondary N) is 1. The van der Waals surface area contributed by atoms with Crippen molar-refractivity contribution in [2.45, 2.75) is 39.7 Å². The summed E-state index contributed by atoms with van der Waals surface area (Å²) in [5, 5.41) is 3.33. The van der Waals surface area contributed by atoms with E-state index in [9.17, 15) is 0 Å². The highest BCUT2D eigenvalue weighted by molar-refractivity contribution is 5.48. The van der Waals surface area contributed by atoms with Crippen molar-refractivity contribution in [2.75, 3.05) is 20.8 Å². The number of hydrogen-bond donors (Lipinski definition) is 1. The van der Waals surface area contributed by atoms with Crippen LogP contribution in [0.5, 0.6) is 11.5 Å². The third kappa shape index (κ3) is 3.91. The third-order valence-corrected chi connectivity index (χ3v) is 3.09. The van der Waals surface area contributed by atoms with Gasteiger partial charge in [0, 0.05) is 6.54 Å². The molecule has 1 aliphatic heterocycles. The van der Waals surface area contributed by atoms with E-state index in [2.05, 4.69) is 31.3 Å². The normalized spacial score (nSPS) is 13.1. The van der Waals surface area contributed by atoms with E-state index in [0.29, 0.717) is 0 Å². The number of ether oxygens (including phenoxy) is 2. The van der Waals surface area contributed by atoms with E-state index in [1.54, 1.807) is 14.2 Å². The van der Waals surface area contributed by atoms with Crippen molar-refractivity contribution in [3.8, 4) is 11.5 Å². The lowest BCUT2D eigenvalue weighted by Gasteiger charge is -2.19. The van der Waals surface area contributed by atoms with Crippen LogP contribution in [-0.2, 0) is 13.0 Å². The van der Waals surface area contributed by atoms with E-state index in [-0.39, 0.29) is 0 Å². The molecule has 0 aliphatic carbocycles. The molecule has 3 heteroatoms. The molecule has 0 saturated heterocycles. The van der Waals surface area contributed by atoms with Gasteiger partial charge in [0.1, 0.15) is 0 Å². The summed E-state index contributed by atoms with van der Waals surface area (Å²) in [6, 6.07) is 4.13. The zero-order valence-electron chi connectivity index (χ0n) is 12.0. The molecule has 18 heavy (non-hydrogen) atoms. The molecule has 0 bridgehead atoms. The topological polar surface area (TPSA) is 30.5 Å². The molecule has 1 N–H and O–H groups in total. The SMILES string of the molecule is CCCC.COc1cc2c(cc1OC)CNCC2. The van der Waals surface area contributed by atoms with E-state index in [0.717, 1.165) is 31.0 Å². The molecule has 0 atom stereocenters. The van der Waals surface area contributed by atoms with Gasteiger partial charge in [0.2, 0.25) is 0 Å². The Balaban J connectivity index is 0.000000357. The summed E-state index contributed by atoms with van der Waals surface area (Å²) in [4.78, 5) is 0. The first-order chi connectivity index (χ1) is 8.76. The van der Waals surface area contributed by atoms with Gasteiger partial charge in [-0.3, -0.25) is 0 Å². The van der Waals surface area contributed by atoms with E-state index in [1.165, 1.54) is 24.0 Å². The molecule has 0 spiro atoms. The van der Waals surface area contributed by atoms with Crippen molar-refractivity contribution in [1.29, 1.82) is 0 Å². The van der Waals surface area contributed by atoms with Crippen LogP contribution < -0.4 is 14.8 Å². The molecule has 3 nitrogen and oxygen atoms in total. The molecule has 102 valence electrons. The second-order valence-corrected chi connectivity index (χ2v) is 4.40. The summed E-state index contributed by atoms with van der Waals surface area (Å²) in [5.74, 6) is 1.64. The highest BCUT2D eigenvalue weighted by atomic mass is 16.5. The maximum atomic E-state index is 5.26. The Morgan fingerprint density at radius 2 is 1.56 bits per heavy atom. The van der Waals surface area contributed by atoms with Gasteiger partial charge in [0.15, 0.2) is 11.5 Å². The molecule has 0 unspecified atom stereocenters. The van der Waals surface area contributed by atoms with Crippen LogP contribution >= 0.6 is 0 Å². The summed E-state index contributed by atoms with van der Waals surface area (Å²) in [6.07, 6.45) is 3.70. The van der Waals surface area contributed by atoms with E-state index in [4.69, 9.17) is 9.47 Å². The average Bonchev–Trinajstić information content (AvgIpc) is 2.45. The van der Waals surface area contributed by atoms with Crippen LogP contribution in [0.2, 0.25) is 0 Å². The number of rotatable bonds is 3. The molecular formula is C15H25NO2. The van der Waals surface area contributed by atoms with Crippen molar-refractivity contribution in [3.63, 3.8) is 0 Å². The van der Waals surface area contributed by atoms with Gasteiger partial charge in [-0.15, -0.1) is 0 Å². The van der Waals surface area contributed by atoms with Crippen LogP contribution in [0, 0.1) is 0 Å². The largest absolute Gasteiger partial charge is 0.493 e. The Kier molecular flexibility index (Phi) is 6.58. The summed E-state index contributed by atoms with van der Waals surface area (Å²) in [5.41, 5.74) is 2.68. The average molecular weight is 251 g/mol. The summed E-state index contributed by atoms with van der Waals surface area (Å²) < 4.78 is 10.5. The van der Waals surface area contributed by atoms with Crippen LogP contribution in [-0.4, -0.2) is 20.8 Å². The lowest BCUT2D eigenvalue weighted by Crippen LogP contribution is -2.23. The Hall–Kier alpha value is -1.22. The van der Waals surface area contributed by atoms with Crippen LogP contribution in [0.4, 0.5) is 0 Å². The second kappa shape index (κ2) is 7.98. The zero-order chi connectivity index (χ0) is 13.4. The molecule has 2 rings (SSSR count). The van der Waals surface area contributed by atoms with Crippen molar-refractivity contribution in [3.05, 3.63) is 23.3 Å². The summed E-state index contributed by atoms with van der Waals surface area (Å²) in [7, 11) is 3.34. The van der Waals surface area contributed by atoms with Crippen LogP contribution in [0.3, 0.4) is 0 Å². The molecule has 1 heterocycles. The lowest BCUT2D eigenvalue weighted by atomic mass is 10.0. The van der Waals surface area contributed by atoms with E-state index < -0.39 is 0 Å². The Morgan fingerprint density at radius 1 is 1.00 bits per heavy atom. The first kappa shape index (κ1) is 14.8. The number of unbranched alkanes of at least 4 members (excludes halogenated alkanes) is 1. The first-order valence-electron chi connectivity index (χ1n) is 6.71. The third-order valence-electron chi connectivity index (χ3n) is 3.09. The molecule has 0 amide bonds. The first-order valence-corrected chi connectivity index (χ1v) is 6.71. The van der Waals surface area contributed by atoms with Gasteiger partial charge in [-0.2, -0.15) is 0 Å². The molecule has 0 fully saturated rings. The fourth-order valence-corrected chi connectivity index (χ4v) is 1.81. The molecular weight excluding hydrogens is 226 g/mol. The van der Waals surface area contributed by atoms with Gasteiger partial charge >= 0.3 is 0 Å².